The lowest BCUT2D eigenvalue weighted by Crippen LogP contribution is -2.49. The lowest BCUT2D eigenvalue weighted by atomic mass is 9.85. The zero-order valence-corrected chi connectivity index (χ0v) is 11.0. The van der Waals surface area contributed by atoms with E-state index in [-0.39, 0.29) is 0 Å². The van der Waals surface area contributed by atoms with E-state index in [0.29, 0.717) is 12.0 Å². The van der Waals surface area contributed by atoms with E-state index < -0.39 is 0 Å². The maximum absolute atomic E-state index is 5.94. The molecule has 0 amide bonds. The number of nitrogens with two attached hydrogens (primary N) is 1. The molecule has 1 fully saturated rings. The lowest BCUT2D eigenvalue weighted by Gasteiger charge is -2.42. The Hall–Kier alpha value is -0.0800. The minimum absolute atomic E-state index is 0.310. The van der Waals surface area contributed by atoms with E-state index in [2.05, 4.69) is 39.5 Å². The number of nitrogens with zero attached hydrogens (tertiary/aromatic N) is 1. The monoisotopic (exact) mass is 212 g/mol. The Labute approximate surface area is 95.2 Å². The van der Waals surface area contributed by atoms with Gasteiger partial charge in [0.1, 0.15) is 0 Å². The fraction of sp³-hybridized carbons (Fsp3) is 1.00. The van der Waals surface area contributed by atoms with E-state index in [4.69, 9.17) is 5.73 Å². The third-order valence-electron chi connectivity index (χ3n) is 4.14. The van der Waals surface area contributed by atoms with Crippen LogP contribution in [-0.4, -0.2) is 30.1 Å². The van der Waals surface area contributed by atoms with Crippen molar-refractivity contribution < 1.29 is 0 Å². The summed E-state index contributed by atoms with van der Waals surface area (Å²) in [5, 5.41) is 0. The SMILES string of the molecule is CC1CC(C)C(C)N(CC(C)C(C)N)C1. The second kappa shape index (κ2) is 5.31. The van der Waals surface area contributed by atoms with Gasteiger partial charge in [0.25, 0.3) is 0 Å². The molecule has 1 heterocycles. The van der Waals surface area contributed by atoms with Crippen molar-refractivity contribution in [3.05, 3.63) is 0 Å². The van der Waals surface area contributed by atoms with Gasteiger partial charge in [-0.2, -0.15) is 0 Å². The first-order chi connectivity index (χ1) is 6.91. The Morgan fingerprint density at radius 1 is 1.27 bits per heavy atom. The quantitative estimate of drug-likeness (QED) is 0.778. The zero-order valence-electron chi connectivity index (χ0n) is 11.0. The Morgan fingerprint density at radius 2 is 1.87 bits per heavy atom. The molecule has 2 N–H and O–H groups in total. The fourth-order valence-electron chi connectivity index (χ4n) is 2.61. The topological polar surface area (TPSA) is 29.3 Å². The third kappa shape index (κ3) is 3.46. The van der Waals surface area contributed by atoms with Crippen molar-refractivity contribution in [2.45, 2.75) is 53.1 Å². The Bertz CT molecular complexity index is 191. The van der Waals surface area contributed by atoms with Gasteiger partial charge in [-0.3, -0.25) is 4.90 Å². The van der Waals surface area contributed by atoms with Gasteiger partial charge >= 0.3 is 0 Å². The van der Waals surface area contributed by atoms with Crippen LogP contribution >= 0.6 is 0 Å². The first-order valence-electron chi connectivity index (χ1n) is 6.41. The zero-order chi connectivity index (χ0) is 11.6. The second-order valence-electron chi connectivity index (χ2n) is 5.85. The summed E-state index contributed by atoms with van der Waals surface area (Å²) in [5.74, 6) is 2.27. The van der Waals surface area contributed by atoms with Crippen molar-refractivity contribution in [1.29, 1.82) is 0 Å². The van der Waals surface area contributed by atoms with Gasteiger partial charge in [-0.1, -0.05) is 20.8 Å². The van der Waals surface area contributed by atoms with E-state index in [1.807, 2.05) is 0 Å². The number of rotatable bonds is 3. The molecular formula is C13H28N2. The van der Waals surface area contributed by atoms with Crippen LogP contribution in [0.25, 0.3) is 0 Å². The molecule has 15 heavy (non-hydrogen) atoms. The molecule has 0 aromatic heterocycles. The summed E-state index contributed by atoms with van der Waals surface area (Å²) in [7, 11) is 0. The van der Waals surface area contributed by atoms with Gasteiger partial charge in [0.2, 0.25) is 0 Å². The molecule has 0 bridgehead atoms. The maximum Gasteiger partial charge on any atom is 0.00929 e. The molecule has 0 aliphatic carbocycles. The van der Waals surface area contributed by atoms with Crippen LogP contribution in [-0.2, 0) is 0 Å². The molecule has 5 unspecified atom stereocenters. The lowest BCUT2D eigenvalue weighted by molar-refractivity contribution is 0.0642. The van der Waals surface area contributed by atoms with Crippen molar-refractivity contribution in [2.75, 3.05) is 13.1 Å². The van der Waals surface area contributed by atoms with Crippen LogP contribution < -0.4 is 5.73 Å². The number of hydrogen-bond acceptors (Lipinski definition) is 2. The molecule has 0 radical (unpaired) electrons. The Balaban J connectivity index is 2.52. The number of hydrogen-bond donors (Lipinski definition) is 1. The fourth-order valence-corrected chi connectivity index (χ4v) is 2.61. The number of likely N-dealkylation sites (tertiary alicyclic amines) is 1. The van der Waals surface area contributed by atoms with E-state index >= 15 is 0 Å². The molecule has 2 heteroatoms. The van der Waals surface area contributed by atoms with E-state index in [0.717, 1.165) is 24.4 Å². The highest BCUT2D eigenvalue weighted by atomic mass is 15.2. The van der Waals surface area contributed by atoms with Gasteiger partial charge in [0.15, 0.2) is 0 Å². The van der Waals surface area contributed by atoms with Crippen molar-refractivity contribution >= 4 is 0 Å². The molecule has 90 valence electrons. The summed E-state index contributed by atoms with van der Waals surface area (Å²) >= 11 is 0. The molecule has 0 saturated carbocycles. The van der Waals surface area contributed by atoms with Gasteiger partial charge in [0.05, 0.1) is 0 Å². The highest BCUT2D eigenvalue weighted by Gasteiger charge is 2.29. The standard InChI is InChI=1S/C13H28N2/c1-9-6-10(2)13(5)15(7-9)8-11(3)12(4)14/h9-13H,6-8,14H2,1-5H3. The van der Waals surface area contributed by atoms with Crippen LogP contribution in [0.15, 0.2) is 0 Å². The average Bonchev–Trinajstić information content (AvgIpc) is 2.13. The molecule has 1 saturated heterocycles. The van der Waals surface area contributed by atoms with E-state index in [9.17, 15) is 0 Å². The molecular weight excluding hydrogens is 184 g/mol. The van der Waals surface area contributed by atoms with Gasteiger partial charge < -0.3 is 5.73 Å². The van der Waals surface area contributed by atoms with Gasteiger partial charge in [-0.15, -0.1) is 0 Å². The van der Waals surface area contributed by atoms with Crippen molar-refractivity contribution in [2.24, 2.45) is 23.5 Å². The van der Waals surface area contributed by atoms with E-state index in [1.165, 1.54) is 13.0 Å². The van der Waals surface area contributed by atoms with E-state index in [1.54, 1.807) is 0 Å². The molecule has 0 aromatic carbocycles. The van der Waals surface area contributed by atoms with Gasteiger partial charge in [-0.25, -0.2) is 0 Å². The van der Waals surface area contributed by atoms with Crippen molar-refractivity contribution in [3.63, 3.8) is 0 Å². The number of piperidine rings is 1. The van der Waals surface area contributed by atoms with Crippen LogP contribution in [0.2, 0.25) is 0 Å². The first kappa shape index (κ1) is 13.0. The first-order valence-corrected chi connectivity index (χ1v) is 6.41. The van der Waals surface area contributed by atoms with Crippen LogP contribution in [0.3, 0.4) is 0 Å². The van der Waals surface area contributed by atoms with Gasteiger partial charge in [0, 0.05) is 25.2 Å². The molecule has 2 nitrogen and oxygen atoms in total. The Kier molecular flexibility index (Phi) is 4.60. The summed E-state index contributed by atoms with van der Waals surface area (Å²) in [6.07, 6.45) is 1.38. The molecule has 1 aliphatic heterocycles. The highest BCUT2D eigenvalue weighted by Crippen LogP contribution is 2.27. The highest BCUT2D eigenvalue weighted by molar-refractivity contribution is 4.83. The maximum atomic E-state index is 5.94. The van der Waals surface area contributed by atoms with Crippen LogP contribution in [0, 0.1) is 17.8 Å². The molecule has 5 atom stereocenters. The molecule has 0 aromatic rings. The second-order valence-corrected chi connectivity index (χ2v) is 5.85. The summed E-state index contributed by atoms with van der Waals surface area (Å²) < 4.78 is 0. The van der Waals surface area contributed by atoms with Crippen LogP contribution in [0.1, 0.15) is 41.0 Å². The summed E-state index contributed by atoms with van der Waals surface area (Å²) in [6.45, 7) is 13.9. The smallest absolute Gasteiger partial charge is 0.00929 e. The van der Waals surface area contributed by atoms with Crippen LogP contribution in [0.5, 0.6) is 0 Å². The summed E-state index contributed by atoms with van der Waals surface area (Å²) in [4.78, 5) is 2.63. The Morgan fingerprint density at radius 3 is 2.40 bits per heavy atom. The predicted octanol–water partition coefficient (Wildman–Crippen LogP) is 2.34. The molecule has 1 aliphatic rings. The van der Waals surface area contributed by atoms with Crippen molar-refractivity contribution in [3.8, 4) is 0 Å². The molecule has 0 spiro atoms. The predicted molar refractivity (Wildman–Crippen MR) is 66.8 cm³/mol. The summed E-state index contributed by atoms with van der Waals surface area (Å²) in [5.41, 5.74) is 5.94. The third-order valence-corrected chi connectivity index (χ3v) is 4.14. The van der Waals surface area contributed by atoms with Crippen LogP contribution in [0.4, 0.5) is 0 Å². The minimum Gasteiger partial charge on any atom is -0.328 e. The average molecular weight is 212 g/mol. The van der Waals surface area contributed by atoms with Gasteiger partial charge in [-0.05, 0) is 38.0 Å². The molecule has 1 rings (SSSR count). The largest absolute Gasteiger partial charge is 0.328 e. The van der Waals surface area contributed by atoms with Crippen molar-refractivity contribution in [1.82, 2.24) is 4.90 Å². The normalized spacial score (nSPS) is 37.6. The minimum atomic E-state index is 0.310. The summed E-state index contributed by atoms with van der Waals surface area (Å²) in [6, 6.07) is 1.03.